The Morgan fingerprint density at radius 2 is 1.67 bits per heavy atom. The Labute approximate surface area is 102 Å². The van der Waals surface area contributed by atoms with E-state index in [9.17, 15) is 22.4 Å². The van der Waals surface area contributed by atoms with Crippen LogP contribution in [0.1, 0.15) is 26.2 Å². The van der Waals surface area contributed by atoms with Gasteiger partial charge in [-0.05, 0) is 19.8 Å². The number of Topliss-reactive ketones (excluding diaryl/α,β-unsaturated/α-hetero) is 1. The van der Waals surface area contributed by atoms with Gasteiger partial charge < -0.3 is 9.53 Å². The molecule has 0 bridgehead atoms. The molecule has 18 heavy (non-hydrogen) atoms. The largest absolute Gasteiger partial charge is 0.487 e. The van der Waals surface area contributed by atoms with Gasteiger partial charge in [0.15, 0.2) is 17.4 Å². The number of hydrogen-bond acceptors (Lipinski definition) is 2. The molecule has 0 radical (unpaired) electrons. The van der Waals surface area contributed by atoms with E-state index < -0.39 is 29.0 Å². The van der Waals surface area contributed by atoms with Crippen LogP contribution >= 0.6 is 0 Å². The van der Waals surface area contributed by atoms with Gasteiger partial charge in [-0.1, -0.05) is 0 Å². The van der Waals surface area contributed by atoms with Gasteiger partial charge in [0, 0.05) is 12.5 Å². The van der Waals surface area contributed by atoms with Crippen molar-refractivity contribution in [1.29, 1.82) is 0 Å². The highest BCUT2D eigenvalue weighted by Crippen LogP contribution is 2.26. The van der Waals surface area contributed by atoms with Crippen molar-refractivity contribution in [1.82, 2.24) is 0 Å². The third kappa shape index (κ3) is 3.72. The molecule has 0 atom stereocenters. The van der Waals surface area contributed by atoms with Crippen molar-refractivity contribution in [2.24, 2.45) is 0 Å². The Morgan fingerprint density at radius 3 is 2.17 bits per heavy atom. The van der Waals surface area contributed by atoms with Crippen molar-refractivity contribution in [3.8, 4) is 5.75 Å². The Hall–Kier alpha value is -1.59. The highest BCUT2D eigenvalue weighted by molar-refractivity contribution is 5.75. The van der Waals surface area contributed by atoms with Crippen molar-refractivity contribution >= 4 is 5.78 Å². The van der Waals surface area contributed by atoms with E-state index >= 15 is 0 Å². The van der Waals surface area contributed by atoms with Crippen molar-refractivity contribution < 1.29 is 27.1 Å². The third-order valence-electron chi connectivity index (χ3n) is 2.24. The maximum Gasteiger partial charge on any atom is 0.203 e. The molecule has 0 aliphatic carbocycles. The zero-order valence-electron chi connectivity index (χ0n) is 9.73. The van der Waals surface area contributed by atoms with E-state index in [1.165, 1.54) is 6.92 Å². The van der Waals surface area contributed by atoms with Crippen LogP contribution in [0.5, 0.6) is 5.75 Å². The Bertz CT molecular complexity index is 420. The van der Waals surface area contributed by atoms with Crippen molar-refractivity contribution in [3.63, 3.8) is 0 Å². The van der Waals surface area contributed by atoms with Crippen LogP contribution in [0.25, 0.3) is 0 Å². The lowest BCUT2D eigenvalue weighted by Gasteiger charge is -2.09. The van der Waals surface area contributed by atoms with Crippen LogP contribution < -0.4 is 4.74 Å². The van der Waals surface area contributed by atoms with Gasteiger partial charge in [0.1, 0.15) is 5.78 Å². The smallest absolute Gasteiger partial charge is 0.203 e. The molecule has 0 aromatic heterocycles. The molecule has 6 heteroatoms. The summed E-state index contributed by atoms with van der Waals surface area (Å²) in [6, 6.07) is 0.118. The van der Waals surface area contributed by atoms with Gasteiger partial charge in [-0.15, -0.1) is 0 Å². The molecule has 1 rings (SSSR count). The molecule has 0 aliphatic rings. The maximum absolute atomic E-state index is 13.1. The predicted molar refractivity (Wildman–Crippen MR) is 56.3 cm³/mol. The molecule has 0 saturated carbocycles. The first-order valence-electron chi connectivity index (χ1n) is 5.38. The fraction of sp³-hybridized carbons (Fsp3) is 0.417. The van der Waals surface area contributed by atoms with Crippen LogP contribution in [-0.4, -0.2) is 12.4 Å². The summed E-state index contributed by atoms with van der Waals surface area (Å²) in [7, 11) is 0. The number of hydrogen-bond donors (Lipinski definition) is 0. The molecular formula is C12H12F4O2. The van der Waals surface area contributed by atoms with E-state index in [1.54, 1.807) is 0 Å². The minimum absolute atomic E-state index is 0.0100. The highest BCUT2D eigenvalue weighted by Gasteiger charge is 2.20. The maximum atomic E-state index is 13.1. The molecular weight excluding hydrogens is 252 g/mol. The number of unbranched alkanes of at least 4 members (excludes halogenated alkanes) is 1. The number of halogens is 4. The average Bonchev–Trinajstić information content (AvgIpc) is 2.30. The SMILES string of the molecule is CC(=O)CCCCOc1c(F)c(F)cc(F)c1F. The second kappa shape index (κ2) is 6.37. The molecule has 1 aromatic carbocycles. The van der Waals surface area contributed by atoms with E-state index in [0.717, 1.165) is 0 Å². The van der Waals surface area contributed by atoms with Crippen molar-refractivity contribution in [2.45, 2.75) is 26.2 Å². The van der Waals surface area contributed by atoms with Gasteiger partial charge in [-0.2, -0.15) is 8.78 Å². The van der Waals surface area contributed by atoms with E-state index in [4.69, 9.17) is 0 Å². The first kappa shape index (κ1) is 14.5. The first-order chi connectivity index (χ1) is 8.43. The third-order valence-corrected chi connectivity index (χ3v) is 2.24. The van der Waals surface area contributed by atoms with Gasteiger partial charge in [0.25, 0.3) is 0 Å². The fourth-order valence-electron chi connectivity index (χ4n) is 1.33. The molecule has 0 aliphatic heterocycles. The van der Waals surface area contributed by atoms with Crippen LogP contribution in [0.3, 0.4) is 0 Å². The van der Waals surface area contributed by atoms with Gasteiger partial charge in [0.05, 0.1) is 6.61 Å². The van der Waals surface area contributed by atoms with Gasteiger partial charge >= 0.3 is 0 Å². The second-order valence-electron chi connectivity index (χ2n) is 3.80. The summed E-state index contributed by atoms with van der Waals surface area (Å²) in [6.07, 6.45) is 1.17. The molecule has 2 nitrogen and oxygen atoms in total. The minimum Gasteiger partial charge on any atom is -0.487 e. The highest BCUT2D eigenvalue weighted by atomic mass is 19.2. The average molecular weight is 264 g/mol. The van der Waals surface area contributed by atoms with Gasteiger partial charge in [-0.3, -0.25) is 0 Å². The Balaban J connectivity index is 2.59. The molecule has 0 heterocycles. The van der Waals surface area contributed by atoms with Crippen LogP contribution in [0.2, 0.25) is 0 Å². The summed E-state index contributed by atoms with van der Waals surface area (Å²) in [5.74, 6) is -7.19. The lowest BCUT2D eigenvalue weighted by molar-refractivity contribution is -0.117. The van der Waals surface area contributed by atoms with E-state index in [0.29, 0.717) is 19.3 Å². The molecule has 0 saturated heterocycles. The van der Waals surface area contributed by atoms with E-state index in [1.807, 2.05) is 0 Å². The number of ether oxygens (including phenoxy) is 1. The van der Waals surface area contributed by atoms with Crippen LogP contribution in [-0.2, 0) is 4.79 Å². The van der Waals surface area contributed by atoms with Crippen LogP contribution in [0.4, 0.5) is 17.6 Å². The zero-order chi connectivity index (χ0) is 13.7. The molecule has 0 unspecified atom stereocenters. The summed E-state index contributed by atoms with van der Waals surface area (Å²) in [4.78, 5) is 10.6. The van der Waals surface area contributed by atoms with Crippen molar-refractivity contribution in [3.05, 3.63) is 29.3 Å². The summed E-state index contributed by atoms with van der Waals surface area (Å²) in [6.45, 7) is 1.30. The fourth-order valence-corrected chi connectivity index (χ4v) is 1.33. The molecule has 100 valence electrons. The Morgan fingerprint density at radius 1 is 1.11 bits per heavy atom. The summed E-state index contributed by atoms with van der Waals surface area (Å²) in [5.41, 5.74) is 0. The summed E-state index contributed by atoms with van der Waals surface area (Å²) in [5, 5.41) is 0. The topological polar surface area (TPSA) is 26.3 Å². The quantitative estimate of drug-likeness (QED) is 0.447. The minimum atomic E-state index is -1.56. The monoisotopic (exact) mass is 264 g/mol. The number of rotatable bonds is 6. The number of ketones is 1. The van der Waals surface area contributed by atoms with Crippen molar-refractivity contribution in [2.75, 3.05) is 6.61 Å². The number of carbonyl (C=O) groups excluding carboxylic acids is 1. The predicted octanol–water partition coefficient (Wildman–Crippen LogP) is 3.38. The lowest BCUT2D eigenvalue weighted by Crippen LogP contribution is -2.05. The van der Waals surface area contributed by atoms with Crippen LogP contribution in [0, 0.1) is 23.3 Å². The zero-order valence-corrected chi connectivity index (χ0v) is 9.73. The molecule has 0 spiro atoms. The summed E-state index contributed by atoms with van der Waals surface area (Å²) >= 11 is 0. The second-order valence-corrected chi connectivity index (χ2v) is 3.80. The first-order valence-corrected chi connectivity index (χ1v) is 5.38. The molecule has 0 amide bonds. The standard InChI is InChI=1S/C12H12F4O2/c1-7(17)4-2-3-5-18-12-10(15)8(13)6-9(14)11(12)16/h6H,2-5H2,1H3. The molecule has 1 aromatic rings. The summed E-state index contributed by atoms with van der Waals surface area (Å²) < 4.78 is 56.5. The Kier molecular flexibility index (Phi) is 5.12. The molecule has 0 fully saturated rings. The van der Waals surface area contributed by atoms with Crippen LogP contribution in [0.15, 0.2) is 6.07 Å². The van der Waals surface area contributed by atoms with E-state index in [-0.39, 0.29) is 18.5 Å². The normalized spacial score (nSPS) is 10.5. The van der Waals surface area contributed by atoms with E-state index in [2.05, 4.69) is 4.74 Å². The molecule has 0 N–H and O–H groups in total. The van der Waals surface area contributed by atoms with Gasteiger partial charge in [-0.25, -0.2) is 8.78 Å². The van der Waals surface area contributed by atoms with Gasteiger partial charge in [0.2, 0.25) is 11.6 Å². The lowest BCUT2D eigenvalue weighted by atomic mass is 10.2. The number of carbonyl (C=O) groups is 1. The number of benzene rings is 1.